The van der Waals surface area contributed by atoms with Crippen molar-refractivity contribution in [1.82, 2.24) is 9.55 Å². The number of carbonyl (C=O) groups is 1. The van der Waals surface area contributed by atoms with Crippen LogP contribution in [0.1, 0.15) is 13.3 Å². The van der Waals surface area contributed by atoms with Crippen LogP contribution in [0.5, 0.6) is 0 Å². The molecule has 0 aliphatic heterocycles. The van der Waals surface area contributed by atoms with E-state index in [2.05, 4.69) is 10.3 Å². The van der Waals surface area contributed by atoms with Crippen molar-refractivity contribution in [2.45, 2.75) is 19.4 Å². The molecule has 1 aromatic heterocycles. The van der Waals surface area contributed by atoms with Crippen LogP contribution in [0.2, 0.25) is 0 Å². The zero-order valence-electron chi connectivity index (χ0n) is 13.2. The third kappa shape index (κ3) is 2.96. The molecule has 1 amide bonds. The number of benzene rings is 2. The second-order valence-corrected chi connectivity index (χ2v) is 5.22. The Bertz CT molecular complexity index is 808. The predicted molar refractivity (Wildman–Crippen MR) is 90.8 cm³/mol. The van der Waals surface area contributed by atoms with E-state index in [1.807, 2.05) is 66.1 Å². The quantitative estimate of drug-likeness (QED) is 0.786. The molecule has 118 valence electrons. The largest absolute Gasteiger partial charge is 0.372 e. The van der Waals surface area contributed by atoms with Crippen LogP contribution in [0.15, 0.2) is 54.6 Å². The molecule has 0 saturated heterocycles. The van der Waals surface area contributed by atoms with Gasteiger partial charge in [0.15, 0.2) is 0 Å². The predicted octanol–water partition coefficient (Wildman–Crippen LogP) is 3.39. The van der Waals surface area contributed by atoms with Crippen molar-refractivity contribution >= 4 is 22.9 Å². The standard InChI is InChI=1S/C18H19N3O2/c1-3-16(23-2)17(22)20-18-19-14-11-7-8-12-15(14)21(18)13-9-5-4-6-10-13/h4-12,16H,3H2,1-2H3,(H,19,20,22)/t16-/m1/s1. The summed E-state index contributed by atoms with van der Waals surface area (Å²) < 4.78 is 7.14. The fourth-order valence-corrected chi connectivity index (χ4v) is 2.60. The van der Waals surface area contributed by atoms with Crippen LogP contribution in [0, 0.1) is 0 Å². The minimum atomic E-state index is -0.487. The number of amides is 1. The second kappa shape index (κ2) is 6.62. The zero-order valence-corrected chi connectivity index (χ0v) is 13.2. The molecule has 0 fully saturated rings. The minimum absolute atomic E-state index is 0.192. The number of nitrogens with one attached hydrogen (secondary N) is 1. The number of methoxy groups -OCH3 is 1. The molecule has 0 bridgehead atoms. The topological polar surface area (TPSA) is 56.1 Å². The molecule has 0 spiro atoms. The van der Waals surface area contributed by atoms with Gasteiger partial charge in [-0.1, -0.05) is 37.3 Å². The third-order valence-corrected chi connectivity index (χ3v) is 3.76. The summed E-state index contributed by atoms with van der Waals surface area (Å²) in [5.74, 6) is 0.306. The van der Waals surface area contributed by atoms with E-state index in [0.29, 0.717) is 12.4 Å². The van der Waals surface area contributed by atoms with E-state index in [0.717, 1.165) is 16.7 Å². The minimum Gasteiger partial charge on any atom is -0.372 e. The van der Waals surface area contributed by atoms with Gasteiger partial charge in [-0.2, -0.15) is 0 Å². The average molecular weight is 309 g/mol. The Morgan fingerprint density at radius 1 is 1.17 bits per heavy atom. The molecule has 0 unspecified atom stereocenters. The lowest BCUT2D eigenvalue weighted by atomic mass is 10.2. The molecule has 0 radical (unpaired) electrons. The van der Waals surface area contributed by atoms with Gasteiger partial charge >= 0.3 is 0 Å². The molecule has 5 nitrogen and oxygen atoms in total. The first-order valence-electron chi connectivity index (χ1n) is 7.61. The fraction of sp³-hybridized carbons (Fsp3) is 0.222. The van der Waals surface area contributed by atoms with Crippen LogP contribution >= 0.6 is 0 Å². The van der Waals surface area contributed by atoms with Crippen molar-refractivity contribution in [2.75, 3.05) is 12.4 Å². The second-order valence-electron chi connectivity index (χ2n) is 5.22. The summed E-state index contributed by atoms with van der Waals surface area (Å²) >= 11 is 0. The number of fused-ring (bicyclic) bond motifs is 1. The summed E-state index contributed by atoms with van der Waals surface area (Å²) in [5, 5.41) is 2.89. The van der Waals surface area contributed by atoms with E-state index in [1.165, 1.54) is 7.11 Å². The first kappa shape index (κ1) is 15.2. The summed E-state index contributed by atoms with van der Waals surface area (Å²) in [4.78, 5) is 16.9. The maximum Gasteiger partial charge on any atom is 0.255 e. The number of anilines is 1. The molecule has 0 aliphatic rings. The highest BCUT2D eigenvalue weighted by atomic mass is 16.5. The lowest BCUT2D eigenvalue weighted by molar-refractivity contribution is -0.125. The highest BCUT2D eigenvalue weighted by Gasteiger charge is 2.19. The Hall–Kier alpha value is -2.66. The van der Waals surface area contributed by atoms with Crippen molar-refractivity contribution in [3.63, 3.8) is 0 Å². The van der Waals surface area contributed by atoms with Gasteiger partial charge < -0.3 is 4.74 Å². The monoisotopic (exact) mass is 309 g/mol. The van der Waals surface area contributed by atoms with E-state index >= 15 is 0 Å². The van der Waals surface area contributed by atoms with E-state index in [9.17, 15) is 4.79 Å². The van der Waals surface area contributed by atoms with Crippen LogP contribution in [0.25, 0.3) is 16.7 Å². The number of ether oxygens (including phenoxy) is 1. The highest BCUT2D eigenvalue weighted by molar-refractivity contribution is 5.95. The first-order chi connectivity index (χ1) is 11.2. The Morgan fingerprint density at radius 3 is 2.57 bits per heavy atom. The summed E-state index contributed by atoms with van der Waals surface area (Å²) in [7, 11) is 1.54. The molecular formula is C18H19N3O2. The summed E-state index contributed by atoms with van der Waals surface area (Å²) in [6.07, 6.45) is 0.118. The number of rotatable bonds is 5. The summed E-state index contributed by atoms with van der Waals surface area (Å²) in [6, 6.07) is 17.6. The molecule has 3 aromatic rings. The number of hydrogen-bond donors (Lipinski definition) is 1. The molecular weight excluding hydrogens is 290 g/mol. The molecule has 1 atom stereocenters. The number of aromatic nitrogens is 2. The molecule has 2 aromatic carbocycles. The average Bonchev–Trinajstić information content (AvgIpc) is 2.94. The fourth-order valence-electron chi connectivity index (χ4n) is 2.60. The molecule has 23 heavy (non-hydrogen) atoms. The van der Waals surface area contributed by atoms with Gasteiger partial charge in [0.05, 0.1) is 11.0 Å². The maximum atomic E-state index is 12.3. The molecule has 0 aliphatic carbocycles. The van der Waals surface area contributed by atoms with Crippen molar-refractivity contribution in [3.05, 3.63) is 54.6 Å². The number of carbonyl (C=O) groups excluding carboxylic acids is 1. The van der Waals surface area contributed by atoms with Crippen LogP contribution < -0.4 is 5.32 Å². The first-order valence-corrected chi connectivity index (χ1v) is 7.61. The normalized spacial score (nSPS) is 12.3. The Labute approximate surface area is 134 Å². The van der Waals surface area contributed by atoms with E-state index in [1.54, 1.807) is 0 Å². The number of imidazole rings is 1. The van der Waals surface area contributed by atoms with Gasteiger partial charge in [0.1, 0.15) is 6.10 Å². The number of para-hydroxylation sites is 3. The Balaban J connectivity index is 2.08. The molecule has 1 heterocycles. The number of nitrogens with zero attached hydrogens (tertiary/aromatic N) is 2. The van der Waals surface area contributed by atoms with E-state index in [-0.39, 0.29) is 5.91 Å². The van der Waals surface area contributed by atoms with Crippen molar-refractivity contribution in [1.29, 1.82) is 0 Å². The highest BCUT2D eigenvalue weighted by Crippen LogP contribution is 2.24. The molecule has 1 N–H and O–H groups in total. The van der Waals surface area contributed by atoms with Gasteiger partial charge in [-0.05, 0) is 30.7 Å². The van der Waals surface area contributed by atoms with Gasteiger partial charge in [0.25, 0.3) is 5.91 Å². The lowest BCUT2D eigenvalue weighted by Crippen LogP contribution is -2.29. The van der Waals surface area contributed by atoms with Gasteiger partial charge in [0.2, 0.25) is 5.95 Å². The van der Waals surface area contributed by atoms with Gasteiger partial charge in [0, 0.05) is 12.8 Å². The van der Waals surface area contributed by atoms with Crippen LogP contribution in [-0.4, -0.2) is 28.7 Å². The van der Waals surface area contributed by atoms with Crippen LogP contribution in [-0.2, 0) is 9.53 Å². The maximum absolute atomic E-state index is 12.3. The van der Waals surface area contributed by atoms with Gasteiger partial charge in [-0.3, -0.25) is 14.7 Å². The SMILES string of the molecule is CC[C@@H](OC)C(=O)Nc1nc2ccccc2n1-c1ccccc1. The molecule has 0 saturated carbocycles. The third-order valence-electron chi connectivity index (χ3n) is 3.76. The van der Waals surface area contributed by atoms with Gasteiger partial charge in [-0.15, -0.1) is 0 Å². The van der Waals surface area contributed by atoms with E-state index in [4.69, 9.17) is 4.74 Å². The Morgan fingerprint density at radius 2 is 1.87 bits per heavy atom. The van der Waals surface area contributed by atoms with Crippen LogP contribution in [0.4, 0.5) is 5.95 Å². The lowest BCUT2D eigenvalue weighted by Gasteiger charge is -2.14. The van der Waals surface area contributed by atoms with Crippen molar-refractivity contribution in [2.24, 2.45) is 0 Å². The van der Waals surface area contributed by atoms with Crippen LogP contribution in [0.3, 0.4) is 0 Å². The van der Waals surface area contributed by atoms with Crippen molar-refractivity contribution in [3.8, 4) is 5.69 Å². The van der Waals surface area contributed by atoms with Crippen molar-refractivity contribution < 1.29 is 9.53 Å². The zero-order chi connectivity index (χ0) is 16.2. The Kier molecular flexibility index (Phi) is 4.39. The summed E-state index contributed by atoms with van der Waals surface area (Å²) in [5.41, 5.74) is 2.72. The smallest absolute Gasteiger partial charge is 0.255 e. The molecule has 5 heteroatoms. The molecule has 3 rings (SSSR count). The number of hydrogen-bond acceptors (Lipinski definition) is 3. The van der Waals surface area contributed by atoms with Gasteiger partial charge in [-0.25, -0.2) is 4.98 Å². The van der Waals surface area contributed by atoms with E-state index < -0.39 is 6.10 Å². The summed E-state index contributed by atoms with van der Waals surface area (Å²) in [6.45, 7) is 1.91.